The second-order valence-electron chi connectivity index (χ2n) is 7.48. The second kappa shape index (κ2) is 7.78. The number of carbonyl (C=O) groups is 3. The Morgan fingerprint density at radius 3 is 2.70 bits per heavy atom. The summed E-state index contributed by atoms with van der Waals surface area (Å²) in [7, 11) is 0. The molecule has 7 N–H and O–H groups in total. The van der Waals surface area contributed by atoms with Crippen LogP contribution in [-0.4, -0.2) is 69.4 Å². The van der Waals surface area contributed by atoms with Gasteiger partial charge in [0.05, 0.1) is 18.1 Å². The topological polar surface area (TPSA) is 159 Å². The molecule has 0 aromatic rings. The molecule has 27 heavy (non-hydrogen) atoms. The van der Waals surface area contributed by atoms with Gasteiger partial charge in [-0.05, 0) is 25.8 Å². The van der Waals surface area contributed by atoms with Crippen molar-refractivity contribution in [1.29, 1.82) is 0 Å². The highest BCUT2D eigenvalue weighted by molar-refractivity contribution is 8.03. The number of aliphatic hydroxyl groups excluding tert-OH is 1. The van der Waals surface area contributed by atoms with Crippen molar-refractivity contribution in [1.82, 2.24) is 10.2 Å². The SMILES string of the molecule is C[C@@H](O)[C@H]1C(=O)N2C(C(=O)O)=C(S[C@@H]3CN[C@H](C(CN)CC(N)=O)C3)C[C@H]12. The van der Waals surface area contributed by atoms with E-state index < -0.39 is 18.0 Å². The third-order valence-corrected chi connectivity index (χ3v) is 7.00. The molecule has 0 spiro atoms. The van der Waals surface area contributed by atoms with Crippen LogP contribution in [-0.2, 0) is 14.4 Å². The van der Waals surface area contributed by atoms with Crippen LogP contribution < -0.4 is 16.8 Å². The molecule has 2 saturated heterocycles. The van der Waals surface area contributed by atoms with Crippen LogP contribution in [0, 0.1) is 11.8 Å². The number of nitrogens with zero attached hydrogens (tertiary/aromatic N) is 1. The van der Waals surface area contributed by atoms with E-state index in [1.165, 1.54) is 16.7 Å². The number of carbonyl (C=O) groups excluding carboxylic acids is 2. The Morgan fingerprint density at radius 1 is 1.44 bits per heavy atom. The number of nitrogens with one attached hydrogen (secondary N) is 1. The van der Waals surface area contributed by atoms with Crippen LogP contribution >= 0.6 is 11.8 Å². The predicted octanol–water partition coefficient (Wildman–Crippen LogP) is -1.19. The van der Waals surface area contributed by atoms with E-state index in [4.69, 9.17) is 11.5 Å². The van der Waals surface area contributed by atoms with Gasteiger partial charge in [-0.25, -0.2) is 4.79 Å². The number of rotatable bonds is 8. The molecule has 2 amide bonds. The largest absolute Gasteiger partial charge is 0.477 e. The monoisotopic (exact) mass is 398 g/mol. The molecule has 0 aliphatic carbocycles. The maximum Gasteiger partial charge on any atom is 0.353 e. The van der Waals surface area contributed by atoms with Crippen molar-refractivity contribution >= 4 is 29.5 Å². The first-order chi connectivity index (χ1) is 12.7. The van der Waals surface area contributed by atoms with Crippen LogP contribution in [0.15, 0.2) is 10.6 Å². The van der Waals surface area contributed by atoms with Crippen LogP contribution in [0.1, 0.15) is 26.2 Å². The quantitative estimate of drug-likeness (QED) is 0.319. The maximum atomic E-state index is 12.3. The number of aliphatic hydroxyl groups is 1. The first-order valence-corrected chi connectivity index (χ1v) is 9.98. The van der Waals surface area contributed by atoms with Crippen molar-refractivity contribution in [2.45, 2.75) is 49.6 Å². The third kappa shape index (κ3) is 3.71. The number of aliphatic carboxylic acids is 1. The number of fused-ring (bicyclic) bond motifs is 1. The van der Waals surface area contributed by atoms with Crippen molar-refractivity contribution in [3.63, 3.8) is 0 Å². The molecule has 3 rings (SSSR count). The number of carboxylic acid groups (broad SMARTS) is 1. The van der Waals surface area contributed by atoms with E-state index >= 15 is 0 Å². The Labute approximate surface area is 161 Å². The zero-order valence-electron chi connectivity index (χ0n) is 15.1. The van der Waals surface area contributed by atoms with Crippen LogP contribution in [0.2, 0.25) is 0 Å². The van der Waals surface area contributed by atoms with E-state index in [0.29, 0.717) is 24.4 Å². The van der Waals surface area contributed by atoms with Crippen molar-refractivity contribution in [3.05, 3.63) is 10.6 Å². The average Bonchev–Trinajstić information content (AvgIpc) is 3.15. The Kier molecular flexibility index (Phi) is 5.80. The van der Waals surface area contributed by atoms with Gasteiger partial charge in [-0.1, -0.05) is 0 Å². The van der Waals surface area contributed by atoms with Gasteiger partial charge in [-0.2, -0.15) is 0 Å². The summed E-state index contributed by atoms with van der Waals surface area (Å²) in [4.78, 5) is 37.2. The number of primary amides is 1. The van der Waals surface area contributed by atoms with Crippen LogP contribution in [0.4, 0.5) is 0 Å². The van der Waals surface area contributed by atoms with Gasteiger partial charge < -0.3 is 31.9 Å². The highest BCUT2D eigenvalue weighted by atomic mass is 32.2. The highest BCUT2D eigenvalue weighted by Crippen LogP contribution is 2.48. The minimum atomic E-state index is -1.12. The van der Waals surface area contributed by atoms with Crippen LogP contribution in [0.3, 0.4) is 0 Å². The molecule has 0 radical (unpaired) electrons. The molecule has 0 saturated carbocycles. The zero-order chi connectivity index (χ0) is 19.9. The molecule has 6 atom stereocenters. The summed E-state index contributed by atoms with van der Waals surface area (Å²) in [6, 6.07) is -0.220. The summed E-state index contributed by atoms with van der Waals surface area (Å²) in [5.74, 6) is -2.42. The van der Waals surface area contributed by atoms with Crippen LogP contribution in [0.5, 0.6) is 0 Å². The molecule has 3 heterocycles. The molecule has 3 aliphatic heterocycles. The lowest BCUT2D eigenvalue weighted by Gasteiger charge is -2.44. The lowest BCUT2D eigenvalue weighted by atomic mass is 9.83. The fourth-order valence-corrected chi connectivity index (χ4v) is 5.82. The van der Waals surface area contributed by atoms with Crippen molar-refractivity contribution in [2.24, 2.45) is 23.3 Å². The number of hydrogen-bond donors (Lipinski definition) is 5. The van der Waals surface area contributed by atoms with Crippen molar-refractivity contribution in [2.75, 3.05) is 13.1 Å². The van der Waals surface area contributed by atoms with Crippen LogP contribution in [0.25, 0.3) is 0 Å². The maximum absolute atomic E-state index is 12.3. The van der Waals surface area contributed by atoms with Gasteiger partial charge in [0.15, 0.2) is 0 Å². The normalized spacial score (nSPS) is 32.3. The first-order valence-electron chi connectivity index (χ1n) is 9.10. The molecular formula is C17H26N4O5S. The first kappa shape index (κ1) is 20.1. The number of thioether (sulfide) groups is 1. The Bertz CT molecular complexity index is 682. The Morgan fingerprint density at radius 2 is 2.15 bits per heavy atom. The van der Waals surface area contributed by atoms with E-state index in [-0.39, 0.29) is 47.2 Å². The molecule has 3 aliphatic rings. The molecule has 2 fully saturated rings. The molecular weight excluding hydrogens is 372 g/mol. The molecule has 150 valence electrons. The molecule has 10 heteroatoms. The van der Waals surface area contributed by atoms with Gasteiger partial charge >= 0.3 is 5.97 Å². The van der Waals surface area contributed by atoms with Gasteiger partial charge in [0.25, 0.3) is 0 Å². The number of nitrogens with two attached hydrogens (primary N) is 2. The molecule has 1 unspecified atom stereocenters. The predicted molar refractivity (Wildman–Crippen MR) is 99.2 cm³/mol. The minimum Gasteiger partial charge on any atom is -0.477 e. The summed E-state index contributed by atoms with van der Waals surface area (Å²) in [5, 5.41) is 22.9. The molecule has 0 aromatic carbocycles. The second-order valence-corrected chi connectivity index (χ2v) is 8.87. The minimum absolute atomic E-state index is 0.0443. The van der Waals surface area contributed by atoms with Gasteiger partial charge in [-0.3, -0.25) is 9.59 Å². The summed E-state index contributed by atoms with van der Waals surface area (Å²) < 4.78 is 0. The van der Waals surface area contributed by atoms with E-state index in [1.54, 1.807) is 6.92 Å². The zero-order valence-corrected chi connectivity index (χ0v) is 15.9. The van der Waals surface area contributed by atoms with E-state index in [1.807, 2.05) is 0 Å². The average molecular weight is 398 g/mol. The molecule has 0 bridgehead atoms. The van der Waals surface area contributed by atoms with Crippen molar-refractivity contribution < 1.29 is 24.6 Å². The van der Waals surface area contributed by atoms with Crippen molar-refractivity contribution in [3.8, 4) is 0 Å². The van der Waals surface area contributed by atoms with Gasteiger partial charge in [0.2, 0.25) is 11.8 Å². The van der Waals surface area contributed by atoms with Gasteiger partial charge in [0, 0.05) is 35.6 Å². The molecule has 9 nitrogen and oxygen atoms in total. The van der Waals surface area contributed by atoms with Gasteiger partial charge in [-0.15, -0.1) is 11.8 Å². The number of amides is 2. The lowest BCUT2D eigenvalue weighted by molar-refractivity contribution is -0.161. The smallest absolute Gasteiger partial charge is 0.353 e. The third-order valence-electron chi connectivity index (χ3n) is 5.66. The number of carboxylic acids is 1. The fourth-order valence-electron chi connectivity index (χ4n) is 4.37. The summed E-state index contributed by atoms with van der Waals surface area (Å²) in [5.41, 5.74) is 11.1. The number of β-lactam (4-membered cyclic amide) rings is 1. The van der Waals surface area contributed by atoms with E-state index in [9.17, 15) is 24.6 Å². The Hall–Kier alpha value is -1.62. The van der Waals surface area contributed by atoms with E-state index in [0.717, 1.165) is 6.42 Å². The van der Waals surface area contributed by atoms with Gasteiger partial charge in [0.1, 0.15) is 5.70 Å². The fraction of sp³-hybridized carbons (Fsp3) is 0.706. The highest BCUT2D eigenvalue weighted by Gasteiger charge is 2.57. The van der Waals surface area contributed by atoms with E-state index in [2.05, 4.69) is 5.32 Å². The number of hydrogen-bond acceptors (Lipinski definition) is 7. The molecule has 0 aromatic heterocycles. The standard InChI is InChI=1S/C17H26N4O5S/c1-7(22)14-11-4-12(15(17(25)26)21(11)16(14)24)27-9-3-10(20-6-9)8(5-18)2-13(19)23/h7-11,14,20,22H,2-6,18H2,1H3,(H2,19,23)(H,25,26)/t7-,8?,9+,10+,11-,14-/m1/s1. The summed E-state index contributed by atoms with van der Waals surface area (Å²) in [6.07, 6.45) is 0.620. The summed E-state index contributed by atoms with van der Waals surface area (Å²) >= 11 is 1.47. The summed E-state index contributed by atoms with van der Waals surface area (Å²) in [6.45, 7) is 2.57. The lowest BCUT2D eigenvalue weighted by Crippen LogP contribution is -2.61. The Balaban J connectivity index is 1.68.